The molecule has 0 amide bonds. The summed E-state index contributed by atoms with van der Waals surface area (Å²) in [5, 5.41) is 3.84. The maximum Gasteiger partial charge on any atom is 0.232 e. The van der Waals surface area contributed by atoms with E-state index in [4.69, 9.17) is 11.6 Å². The van der Waals surface area contributed by atoms with Crippen LogP contribution in [0.4, 0.5) is 5.69 Å². The van der Waals surface area contributed by atoms with Crippen LogP contribution >= 0.6 is 27.5 Å². The van der Waals surface area contributed by atoms with Crippen LogP contribution in [0.2, 0.25) is 5.02 Å². The zero-order valence-corrected chi connectivity index (χ0v) is 14.4. The minimum absolute atomic E-state index is 0.102. The van der Waals surface area contributed by atoms with Gasteiger partial charge in [-0.3, -0.25) is 4.72 Å². The molecule has 2 rings (SSSR count). The number of aryl methyl sites for hydroxylation is 1. The molecule has 1 aliphatic rings. The van der Waals surface area contributed by atoms with Gasteiger partial charge in [-0.25, -0.2) is 8.42 Å². The highest BCUT2D eigenvalue weighted by atomic mass is 79.9. The summed E-state index contributed by atoms with van der Waals surface area (Å²) in [5.41, 5.74) is 1.38. The first-order valence-electron chi connectivity index (χ1n) is 6.57. The molecule has 4 nitrogen and oxygen atoms in total. The fourth-order valence-electron chi connectivity index (χ4n) is 1.80. The molecule has 0 bridgehead atoms. The Hall–Kier alpha value is -0.300. The van der Waals surface area contributed by atoms with Crippen molar-refractivity contribution in [3.8, 4) is 0 Å². The van der Waals surface area contributed by atoms with Gasteiger partial charge in [0.2, 0.25) is 10.0 Å². The Bertz CT molecular complexity index is 588. The Morgan fingerprint density at radius 3 is 2.75 bits per heavy atom. The van der Waals surface area contributed by atoms with E-state index in [0.717, 1.165) is 12.1 Å². The monoisotopic (exact) mass is 380 g/mol. The second-order valence-corrected chi connectivity index (χ2v) is 8.19. The lowest BCUT2D eigenvalue weighted by molar-refractivity contribution is 0.593. The van der Waals surface area contributed by atoms with Crippen molar-refractivity contribution in [3.63, 3.8) is 0 Å². The van der Waals surface area contributed by atoms with Gasteiger partial charge in [0.25, 0.3) is 0 Å². The van der Waals surface area contributed by atoms with Crippen LogP contribution in [-0.4, -0.2) is 26.8 Å². The number of sulfonamides is 1. The number of rotatable bonds is 7. The van der Waals surface area contributed by atoms with Gasteiger partial charge in [0.15, 0.2) is 0 Å². The zero-order valence-electron chi connectivity index (χ0n) is 11.2. The van der Waals surface area contributed by atoms with Crippen LogP contribution in [0.25, 0.3) is 0 Å². The lowest BCUT2D eigenvalue weighted by Gasteiger charge is -2.11. The lowest BCUT2D eigenvalue weighted by atomic mass is 10.2. The summed E-state index contributed by atoms with van der Waals surface area (Å²) in [6, 6.07) is 4.03. The van der Waals surface area contributed by atoms with Gasteiger partial charge in [0.05, 0.1) is 11.4 Å². The van der Waals surface area contributed by atoms with Crippen molar-refractivity contribution < 1.29 is 8.42 Å². The van der Waals surface area contributed by atoms with Gasteiger partial charge in [-0.2, -0.15) is 0 Å². The third-order valence-corrected chi connectivity index (χ3v) is 5.53. The van der Waals surface area contributed by atoms with Crippen molar-refractivity contribution in [1.82, 2.24) is 5.32 Å². The SMILES string of the molecule is Cc1cc(Br)c(NS(=O)(=O)CCCNC2CC2)cc1Cl. The third kappa shape index (κ3) is 4.91. The Kier molecular flexibility index (Phi) is 5.34. The Morgan fingerprint density at radius 1 is 1.40 bits per heavy atom. The molecule has 1 aromatic carbocycles. The molecule has 1 saturated carbocycles. The highest BCUT2D eigenvalue weighted by Gasteiger charge is 2.20. The van der Waals surface area contributed by atoms with Crippen molar-refractivity contribution >= 4 is 43.2 Å². The quantitative estimate of drug-likeness (QED) is 0.713. The van der Waals surface area contributed by atoms with E-state index in [1.807, 2.05) is 6.92 Å². The Morgan fingerprint density at radius 2 is 2.10 bits per heavy atom. The molecule has 1 fully saturated rings. The number of benzene rings is 1. The summed E-state index contributed by atoms with van der Waals surface area (Å²) < 4.78 is 27.3. The van der Waals surface area contributed by atoms with Crippen LogP contribution in [0.1, 0.15) is 24.8 Å². The molecule has 0 spiro atoms. The largest absolute Gasteiger partial charge is 0.314 e. The van der Waals surface area contributed by atoms with Gasteiger partial charge in [0, 0.05) is 15.5 Å². The fourth-order valence-corrected chi connectivity index (χ4v) is 3.78. The highest BCUT2D eigenvalue weighted by molar-refractivity contribution is 9.10. The van der Waals surface area contributed by atoms with Gasteiger partial charge in [0.1, 0.15) is 0 Å². The highest BCUT2D eigenvalue weighted by Crippen LogP contribution is 2.29. The molecule has 0 unspecified atom stereocenters. The summed E-state index contributed by atoms with van der Waals surface area (Å²) in [6.45, 7) is 2.61. The van der Waals surface area contributed by atoms with Crippen LogP contribution in [-0.2, 0) is 10.0 Å². The van der Waals surface area contributed by atoms with E-state index < -0.39 is 10.0 Å². The molecule has 0 aliphatic heterocycles. The van der Waals surface area contributed by atoms with Crippen molar-refractivity contribution in [2.75, 3.05) is 17.0 Å². The van der Waals surface area contributed by atoms with E-state index in [0.29, 0.717) is 27.6 Å². The third-order valence-electron chi connectivity index (χ3n) is 3.11. The summed E-state index contributed by atoms with van der Waals surface area (Å²) in [4.78, 5) is 0. The zero-order chi connectivity index (χ0) is 14.8. The minimum atomic E-state index is -3.34. The molecule has 1 aliphatic carbocycles. The van der Waals surface area contributed by atoms with Crippen LogP contribution in [0, 0.1) is 6.92 Å². The van der Waals surface area contributed by atoms with Gasteiger partial charge in [-0.1, -0.05) is 11.6 Å². The van der Waals surface area contributed by atoms with E-state index >= 15 is 0 Å². The number of hydrogen-bond donors (Lipinski definition) is 2. The molecule has 2 N–H and O–H groups in total. The Balaban J connectivity index is 1.91. The smallest absolute Gasteiger partial charge is 0.232 e. The number of hydrogen-bond acceptors (Lipinski definition) is 3. The van der Waals surface area contributed by atoms with Crippen LogP contribution in [0.5, 0.6) is 0 Å². The standard InChI is InChI=1S/C13H18BrClN2O2S/c1-9-7-11(14)13(8-12(9)15)17-20(18,19)6-2-5-16-10-3-4-10/h7-8,10,16-17H,2-6H2,1H3. The Labute approximate surface area is 133 Å². The van der Waals surface area contributed by atoms with Crippen molar-refractivity contribution in [1.29, 1.82) is 0 Å². The van der Waals surface area contributed by atoms with Crippen molar-refractivity contribution in [3.05, 3.63) is 27.2 Å². The second kappa shape index (κ2) is 6.64. The molecule has 0 heterocycles. The fraction of sp³-hybridized carbons (Fsp3) is 0.538. The second-order valence-electron chi connectivity index (χ2n) is 5.08. The molecule has 7 heteroatoms. The molecule has 0 radical (unpaired) electrons. The summed E-state index contributed by atoms with van der Waals surface area (Å²) in [7, 11) is -3.34. The molecular formula is C13H18BrClN2O2S. The predicted octanol–water partition coefficient (Wildman–Crippen LogP) is 3.29. The first kappa shape index (κ1) is 16.1. The summed E-state index contributed by atoms with van der Waals surface area (Å²) in [6.07, 6.45) is 3.02. The topological polar surface area (TPSA) is 58.2 Å². The normalized spacial score (nSPS) is 15.3. The maximum atomic E-state index is 12.0. The van der Waals surface area contributed by atoms with Gasteiger partial charge < -0.3 is 5.32 Å². The van der Waals surface area contributed by atoms with Crippen molar-refractivity contribution in [2.45, 2.75) is 32.2 Å². The van der Waals surface area contributed by atoms with Gasteiger partial charge >= 0.3 is 0 Å². The number of halogens is 2. The average Bonchev–Trinajstić information content (AvgIpc) is 3.15. The first-order valence-corrected chi connectivity index (χ1v) is 9.39. The van der Waals surface area contributed by atoms with Crippen LogP contribution in [0.3, 0.4) is 0 Å². The minimum Gasteiger partial charge on any atom is -0.314 e. The van der Waals surface area contributed by atoms with Crippen LogP contribution in [0.15, 0.2) is 16.6 Å². The number of nitrogens with one attached hydrogen (secondary N) is 2. The van der Waals surface area contributed by atoms with E-state index in [9.17, 15) is 8.42 Å². The van der Waals surface area contributed by atoms with Gasteiger partial charge in [-0.15, -0.1) is 0 Å². The maximum absolute atomic E-state index is 12.0. The molecule has 112 valence electrons. The van der Waals surface area contributed by atoms with E-state index in [2.05, 4.69) is 26.0 Å². The molecule has 0 saturated heterocycles. The number of anilines is 1. The van der Waals surface area contributed by atoms with E-state index in [1.165, 1.54) is 12.8 Å². The average molecular weight is 382 g/mol. The molecule has 1 aromatic rings. The lowest BCUT2D eigenvalue weighted by Crippen LogP contribution is -2.23. The summed E-state index contributed by atoms with van der Waals surface area (Å²) >= 11 is 9.36. The molecular weight excluding hydrogens is 364 g/mol. The van der Waals surface area contributed by atoms with Crippen molar-refractivity contribution in [2.24, 2.45) is 0 Å². The predicted molar refractivity (Wildman–Crippen MR) is 86.9 cm³/mol. The van der Waals surface area contributed by atoms with E-state index in [-0.39, 0.29) is 5.75 Å². The first-order chi connectivity index (χ1) is 9.37. The summed E-state index contributed by atoms with van der Waals surface area (Å²) in [5.74, 6) is 0.102. The molecule has 0 aromatic heterocycles. The molecule has 0 atom stereocenters. The van der Waals surface area contributed by atoms with E-state index in [1.54, 1.807) is 12.1 Å². The van der Waals surface area contributed by atoms with Crippen LogP contribution < -0.4 is 10.0 Å². The molecule has 20 heavy (non-hydrogen) atoms. The van der Waals surface area contributed by atoms with Gasteiger partial charge in [-0.05, 0) is 66.4 Å².